The molecule has 1 heterocycles. The number of ether oxygens (including phenoxy) is 1. The van der Waals surface area contributed by atoms with Crippen molar-refractivity contribution in [1.29, 1.82) is 0 Å². The lowest BCUT2D eigenvalue weighted by Gasteiger charge is -2.06. The summed E-state index contributed by atoms with van der Waals surface area (Å²) < 4.78 is 23.7. The number of carbonyl (C=O) groups is 1. The fourth-order valence-corrected chi connectivity index (χ4v) is 2.16. The number of halogens is 1. The molecule has 4 nitrogen and oxygen atoms in total. The van der Waals surface area contributed by atoms with Crippen LogP contribution in [0.5, 0.6) is 5.75 Å². The molecule has 0 saturated carbocycles. The molecule has 3 rings (SSSR count). The number of esters is 1. The van der Waals surface area contributed by atoms with Gasteiger partial charge in [0.05, 0.1) is 5.56 Å². The first-order chi connectivity index (χ1) is 10.5. The minimum Gasteiger partial charge on any atom is -0.423 e. The molecule has 0 spiro atoms. The second-order valence-corrected chi connectivity index (χ2v) is 4.78. The maximum absolute atomic E-state index is 13.5. The van der Waals surface area contributed by atoms with Gasteiger partial charge < -0.3 is 9.15 Å². The molecule has 0 N–H and O–H groups in total. The summed E-state index contributed by atoms with van der Waals surface area (Å²) >= 11 is 0. The summed E-state index contributed by atoms with van der Waals surface area (Å²) in [5.74, 6) is -1.29. The molecule has 0 atom stereocenters. The fraction of sp³-hybridized carbons (Fsp3) is 0.0588. The van der Waals surface area contributed by atoms with Crippen molar-refractivity contribution in [2.75, 3.05) is 0 Å². The van der Waals surface area contributed by atoms with E-state index in [-0.39, 0.29) is 11.3 Å². The van der Waals surface area contributed by atoms with Crippen molar-refractivity contribution in [3.8, 4) is 5.75 Å². The summed E-state index contributed by atoms with van der Waals surface area (Å²) in [6.45, 7) is 1.78. The molecular weight excluding hydrogens is 287 g/mol. The van der Waals surface area contributed by atoms with Crippen molar-refractivity contribution in [2.45, 2.75) is 6.92 Å². The van der Waals surface area contributed by atoms with Crippen LogP contribution in [0.2, 0.25) is 0 Å². The Morgan fingerprint density at radius 3 is 2.68 bits per heavy atom. The quantitative estimate of drug-likeness (QED) is 0.413. The molecule has 0 unspecified atom stereocenters. The maximum atomic E-state index is 13.5. The van der Waals surface area contributed by atoms with Gasteiger partial charge in [0.1, 0.15) is 17.1 Å². The zero-order valence-corrected chi connectivity index (χ0v) is 11.6. The minimum absolute atomic E-state index is 0.159. The summed E-state index contributed by atoms with van der Waals surface area (Å²) in [7, 11) is 0. The predicted molar refractivity (Wildman–Crippen MR) is 78.6 cm³/mol. The topological polar surface area (TPSA) is 56.5 Å². The van der Waals surface area contributed by atoms with Gasteiger partial charge in [-0.3, -0.25) is 0 Å². The van der Waals surface area contributed by atoms with E-state index in [0.717, 1.165) is 10.9 Å². The summed E-state index contributed by atoms with van der Waals surface area (Å²) in [4.78, 5) is 23.3. The fourth-order valence-electron chi connectivity index (χ4n) is 2.16. The Bertz CT molecular complexity index is 927. The van der Waals surface area contributed by atoms with Crippen LogP contribution in [-0.2, 0) is 0 Å². The first-order valence-corrected chi connectivity index (χ1v) is 6.56. The molecule has 3 aromatic rings. The Morgan fingerprint density at radius 1 is 1.14 bits per heavy atom. The van der Waals surface area contributed by atoms with E-state index in [2.05, 4.69) is 0 Å². The molecule has 0 aliphatic rings. The van der Waals surface area contributed by atoms with Crippen molar-refractivity contribution in [3.63, 3.8) is 0 Å². The first-order valence-electron chi connectivity index (χ1n) is 6.56. The van der Waals surface area contributed by atoms with Crippen LogP contribution < -0.4 is 10.4 Å². The number of benzene rings is 2. The average Bonchev–Trinajstić information content (AvgIpc) is 2.47. The second kappa shape index (κ2) is 5.44. The van der Waals surface area contributed by atoms with Crippen molar-refractivity contribution < 1.29 is 18.3 Å². The molecule has 22 heavy (non-hydrogen) atoms. The number of aryl methyl sites for hydroxylation is 1. The maximum Gasteiger partial charge on any atom is 0.346 e. The molecule has 0 bridgehead atoms. The molecule has 0 aliphatic carbocycles. The van der Waals surface area contributed by atoms with Gasteiger partial charge in [0, 0.05) is 17.5 Å². The monoisotopic (exact) mass is 298 g/mol. The van der Waals surface area contributed by atoms with Gasteiger partial charge in [0.2, 0.25) is 0 Å². The van der Waals surface area contributed by atoms with E-state index < -0.39 is 17.4 Å². The molecule has 110 valence electrons. The average molecular weight is 298 g/mol. The normalized spacial score (nSPS) is 10.6. The zero-order valence-electron chi connectivity index (χ0n) is 11.6. The lowest BCUT2D eigenvalue weighted by molar-refractivity contribution is 0.0730. The highest BCUT2D eigenvalue weighted by molar-refractivity contribution is 5.92. The van der Waals surface area contributed by atoms with Gasteiger partial charge in [0.25, 0.3) is 0 Å². The van der Waals surface area contributed by atoms with E-state index in [4.69, 9.17) is 9.15 Å². The highest BCUT2D eigenvalue weighted by atomic mass is 19.1. The molecule has 1 aromatic heterocycles. The summed E-state index contributed by atoms with van der Waals surface area (Å²) in [5, 5.41) is 0.741. The second-order valence-electron chi connectivity index (χ2n) is 4.78. The van der Waals surface area contributed by atoms with Crippen molar-refractivity contribution in [1.82, 2.24) is 0 Å². The Balaban J connectivity index is 1.96. The van der Waals surface area contributed by atoms with Gasteiger partial charge in [0.15, 0.2) is 0 Å². The van der Waals surface area contributed by atoms with Crippen LogP contribution in [-0.4, -0.2) is 5.97 Å². The minimum atomic E-state index is -0.813. The third-order valence-electron chi connectivity index (χ3n) is 3.23. The molecule has 0 fully saturated rings. The first kappa shape index (κ1) is 14.0. The predicted octanol–water partition coefficient (Wildman–Crippen LogP) is 3.46. The van der Waals surface area contributed by atoms with Crippen molar-refractivity contribution in [3.05, 3.63) is 75.9 Å². The lowest BCUT2D eigenvalue weighted by Crippen LogP contribution is -2.10. The van der Waals surface area contributed by atoms with Crippen LogP contribution in [0.1, 0.15) is 15.9 Å². The van der Waals surface area contributed by atoms with E-state index in [1.165, 1.54) is 30.3 Å². The van der Waals surface area contributed by atoms with Gasteiger partial charge >= 0.3 is 11.6 Å². The molecule has 2 aromatic carbocycles. The molecule has 0 aliphatic heterocycles. The van der Waals surface area contributed by atoms with Gasteiger partial charge in [-0.2, -0.15) is 0 Å². The highest BCUT2D eigenvalue weighted by Crippen LogP contribution is 2.23. The molecule has 5 heteroatoms. The Morgan fingerprint density at radius 2 is 1.91 bits per heavy atom. The van der Waals surface area contributed by atoms with Crippen molar-refractivity contribution >= 4 is 16.9 Å². The summed E-state index contributed by atoms with van der Waals surface area (Å²) in [6.07, 6.45) is 0. The Kier molecular flexibility index (Phi) is 3.47. The summed E-state index contributed by atoms with van der Waals surface area (Å²) in [5.41, 5.74) is 0.429. The van der Waals surface area contributed by atoms with Gasteiger partial charge in [-0.05, 0) is 36.8 Å². The van der Waals surface area contributed by atoms with Crippen molar-refractivity contribution in [2.24, 2.45) is 0 Å². The molecular formula is C17H11FO4. The zero-order chi connectivity index (χ0) is 15.7. The van der Waals surface area contributed by atoms with Gasteiger partial charge in [-0.25, -0.2) is 14.0 Å². The summed E-state index contributed by atoms with van der Waals surface area (Å²) in [6, 6.07) is 11.6. The number of fused-ring (bicyclic) bond motifs is 1. The van der Waals surface area contributed by atoms with E-state index in [1.54, 1.807) is 25.1 Å². The SMILES string of the molecule is Cc1cc(=O)oc2cc(OC(=O)c3ccccc3F)ccc12. The third-order valence-corrected chi connectivity index (χ3v) is 3.23. The molecule has 0 saturated heterocycles. The standard InChI is InChI=1S/C17H11FO4/c1-10-8-16(19)22-15-9-11(6-7-12(10)15)21-17(20)13-4-2-3-5-14(13)18/h2-9H,1H3. The lowest BCUT2D eigenvalue weighted by atomic mass is 10.1. The number of carbonyl (C=O) groups excluding carboxylic acids is 1. The van der Waals surface area contributed by atoms with Crippen LogP contribution in [0, 0.1) is 12.7 Å². The number of hydrogen-bond donors (Lipinski definition) is 0. The largest absolute Gasteiger partial charge is 0.423 e. The third kappa shape index (κ3) is 2.61. The van der Waals surface area contributed by atoms with Crippen LogP contribution >= 0.6 is 0 Å². The number of rotatable bonds is 2. The smallest absolute Gasteiger partial charge is 0.346 e. The van der Waals surface area contributed by atoms with E-state index in [9.17, 15) is 14.0 Å². The van der Waals surface area contributed by atoms with Crippen LogP contribution in [0.3, 0.4) is 0 Å². The van der Waals surface area contributed by atoms with Gasteiger partial charge in [-0.1, -0.05) is 12.1 Å². The van der Waals surface area contributed by atoms with Crippen LogP contribution in [0.25, 0.3) is 11.0 Å². The Hall–Kier alpha value is -2.95. The Labute approximate surface area is 124 Å². The van der Waals surface area contributed by atoms with Crippen LogP contribution in [0.15, 0.2) is 57.7 Å². The molecule has 0 radical (unpaired) electrons. The van der Waals surface area contributed by atoms with E-state index in [1.807, 2.05) is 0 Å². The van der Waals surface area contributed by atoms with E-state index >= 15 is 0 Å². The van der Waals surface area contributed by atoms with Gasteiger partial charge in [-0.15, -0.1) is 0 Å². The molecule has 0 amide bonds. The van der Waals surface area contributed by atoms with Crippen LogP contribution in [0.4, 0.5) is 4.39 Å². The number of hydrogen-bond acceptors (Lipinski definition) is 4. The van der Waals surface area contributed by atoms with E-state index in [0.29, 0.717) is 5.58 Å². The highest BCUT2D eigenvalue weighted by Gasteiger charge is 2.14.